The van der Waals surface area contributed by atoms with E-state index >= 15 is 0 Å². The number of alkyl halides is 3. The Balaban J connectivity index is 1.85. The van der Waals surface area contributed by atoms with E-state index in [1.807, 2.05) is 0 Å². The van der Waals surface area contributed by atoms with Crippen molar-refractivity contribution in [1.82, 2.24) is 9.80 Å². The fourth-order valence-electron chi connectivity index (χ4n) is 3.40. The molecule has 1 aromatic rings. The molecular weight excluding hydrogens is 346 g/mol. The number of nitrogens with zero attached hydrogens (tertiary/aromatic N) is 2. The molecule has 2 bridgehead atoms. The summed E-state index contributed by atoms with van der Waals surface area (Å²) in [7, 11) is 0. The molecule has 10 heteroatoms. The Morgan fingerprint density at radius 2 is 1.68 bits per heavy atom. The molecule has 25 heavy (non-hydrogen) atoms. The van der Waals surface area contributed by atoms with E-state index in [2.05, 4.69) is 0 Å². The number of rotatable bonds is 1. The molecule has 0 saturated carbocycles. The molecule has 0 spiro atoms. The standard InChI is InChI=1S/C15H13F4N3O3/c16-7-1-2-11(15(17,18)19)10(3-7)13(24)21-5-9-4-8(21)6-22(9)14(25)12(20)23/h1-3,8-9H,4-6H2,(H2,20,23). The van der Waals surface area contributed by atoms with Crippen molar-refractivity contribution in [3.63, 3.8) is 0 Å². The van der Waals surface area contributed by atoms with Gasteiger partial charge < -0.3 is 15.5 Å². The minimum absolute atomic E-state index is 0.00878. The highest BCUT2D eigenvalue weighted by atomic mass is 19.4. The highest BCUT2D eigenvalue weighted by Crippen LogP contribution is 2.36. The van der Waals surface area contributed by atoms with Crippen LogP contribution in [0.3, 0.4) is 0 Å². The van der Waals surface area contributed by atoms with E-state index in [1.165, 1.54) is 9.80 Å². The molecule has 3 amide bonds. The van der Waals surface area contributed by atoms with Crippen molar-refractivity contribution in [3.8, 4) is 0 Å². The van der Waals surface area contributed by atoms with Crippen LogP contribution in [-0.4, -0.2) is 52.7 Å². The maximum absolute atomic E-state index is 13.4. The van der Waals surface area contributed by atoms with Gasteiger partial charge in [0, 0.05) is 13.1 Å². The lowest BCUT2D eigenvalue weighted by atomic mass is 10.0. The minimum atomic E-state index is -4.80. The third-order valence-corrected chi connectivity index (χ3v) is 4.49. The lowest BCUT2D eigenvalue weighted by Crippen LogP contribution is -2.53. The third-order valence-electron chi connectivity index (χ3n) is 4.49. The summed E-state index contributed by atoms with van der Waals surface area (Å²) in [4.78, 5) is 37.6. The molecular formula is C15H13F4N3O3. The van der Waals surface area contributed by atoms with Crippen LogP contribution >= 0.6 is 0 Å². The molecule has 0 aromatic heterocycles. The van der Waals surface area contributed by atoms with Crippen LogP contribution in [0.5, 0.6) is 0 Å². The van der Waals surface area contributed by atoms with Gasteiger partial charge in [-0.2, -0.15) is 13.2 Å². The summed E-state index contributed by atoms with van der Waals surface area (Å²) in [6.07, 6.45) is -4.47. The number of amides is 3. The van der Waals surface area contributed by atoms with Gasteiger partial charge in [0.25, 0.3) is 5.91 Å². The molecule has 0 radical (unpaired) electrons. The summed E-state index contributed by atoms with van der Waals surface area (Å²) in [5.41, 5.74) is 2.95. The lowest BCUT2D eigenvalue weighted by Gasteiger charge is -2.34. The number of benzene rings is 1. The number of piperazine rings is 1. The van der Waals surface area contributed by atoms with Crippen LogP contribution in [0.15, 0.2) is 18.2 Å². The van der Waals surface area contributed by atoms with E-state index < -0.39 is 52.9 Å². The second kappa shape index (κ2) is 5.71. The third kappa shape index (κ3) is 2.92. The molecule has 2 saturated heterocycles. The van der Waals surface area contributed by atoms with Gasteiger partial charge in [0.2, 0.25) is 0 Å². The molecule has 2 atom stereocenters. The second-order valence-electron chi connectivity index (χ2n) is 6.01. The van der Waals surface area contributed by atoms with Crippen molar-refractivity contribution in [3.05, 3.63) is 35.1 Å². The van der Waals surface area contributed by atoms with Gasteiger partial charge in [0.15, 0.2) is 0 Å². The van der Waals surface area contributed by atoms with Crippen molar-refractivity contribution in [1.29, 1.82) is 0 Å². The van der Waals surface area contributed by atoms with Gasteiger partial charge >= 0.3 is 18.0 Å². The fraction of sp³-hybridized carbons (Fsp3) is 0.400. The predicted octanol–water partition coefficient (Wildman–Crippen LogP) is 0.755. The normalized spacial score (nSPS) is 22.4. The number of carbonyl (C=O) groups excluding carboxylic acids is 3. The van der Waals surface area contributed by atoms with Crippen molar-refractivity contribution >= 4 is 17.7 Å². The van der Waals surface area contributed by atoms with Crippen LogP contribution in [-0.2, 0) is 15.8 Å². The van der Waals surface area contributed by atoms with E-state index in [4.69, 9.17) is 5.73 Å². The maximum atomic E-state index is 13.4. The molecule has 2 N–H and O–H groups in total. The summed E-state index contributed by atoms with van der Waals surface area (Å²) >= 11 is 0. The van der Waals surface area contributed by atoms with Gasteiger partial charge in [-0.3, -0.25) is 14.4 Å². The molecule has 3 rings (SSSR count). The number of likely N-dealkylation sites (tertiary alicyclic amines) is 2. The number of halogens is 4. The predicted molar refractivity (Wildman–Crippen MR) is 75.5 cm³/mol. The van der Waals surface area contributed by atoms with Gasteiger partial charge in [0.1, 0.15) is 5.82 Å². The largest absolute Gasteiger partial charge is 0.417 e. The Morgan fingerprint density at radius 1 is 1.08 bits per heavy atom. The van der Waals surface area contributed by atoms with Crippen LogP contribution in [0.2, 0.25) is 0 Å². The van der Waals surface area contributed by atoms with E-state index in [0.29, 0.717) is 24.6 Å². The Kier molecular flexibility index (Phi) is 3.92. The molecule has 6 nitrogen and oxygen atoms in total. The van der Waals surface area contributed by atoms with Crippen molar-refractivity contribution < 1.29 is 31.9 Å². The molecule has 2 aliphatic heterocycles. The summed E-state index contributed by atoms with van der Waals surface area (Å²) in [5, 5.41) is 0. The fourth-order valence-corrected chi connectivity index (χ4v) is 3.40. The molecule has 0 aliphatic carbocycles. The monoisotopic (exact) mass is 359 g/mol. The number of hydrogen-bond donors (Lipinski definition) is 1. The second-order valence-corrected chi connectivity index (χ2v) is 6.01. The Morgan fingerprint density at radius 3 is 2.20 bits per heavy atom. The van der Waals surface area contributed by atoms with E-state index in [0.717, 1.165) is 0 Å². The first-order valence-corrected chi connectivity index (χ1v) is 7.37. The summed E-state index contributed by atoms with van der Waals surface area (Å²) < 4.78 is 52.6. The Bertz CT molecular complexity index is 765. The van der Waals surface area contributed by atoms with Crippen molar-refractivity contribution in [2.45, 2.75) is 24.7 Å². The zero-order chi connectivity index (χ0) is 18.5. The van der Waals surface area contributed by atoms with Crippen molar-refractivity contribution in [2.24, 2.45) is 5.73 Å². The first-order valence-electron chi connectivity index (χ1n) is 7.37. The van der Waals surface area contributed by atoms with Crippen LogP contribution in [0.25, 0.3) is 0 Å². The summed E-state index contributed by atoms with van der Waals surface area (Å²) in [5.74, 6) is -3.92. The molecule has 134 valence electrons. The first kappa shape index (κ1) is 17.2. The molecule has 2 fully saturated rings. The first-order chi connectivity index (χ1) is 11.6. The van der Waals surface area contributed by atoms with E-state index in [1.54, 1.807) is 0 Å². The molecule has 1 aromatic carbocycles. The lowest BCUT2D eigenvalue weighted by molar-refractivity contribution is -0.145. The van der Waals surface area contributed by atoms with Gasteiger partial charge in [-0.05, 0) is 24.6 Å². The smallest absolute Gasteiger partial charge is 0.361 e. The SMILES string of the molecule is NC(=O)C(=O)N1CC2CC1CN2C(=O)c1cc(F)ccc1C(F)(F)F. The highest BCUT2D eigenvalue weighted by molar-refractivity contribution is 6.34. The molecule has 2 heterocycles. The van der Waals surface area contributed by atoms with E-state index in [-0.39, 0.29) is 13.1 Å². The van der Waals surface area contributed by atoms with Gasteiger partial charge in [0.05, 0.1) is 23.2 Å². The van der Waals surface area contributed by atoms with Crippen LogP contribution < -0.4 is 5.73 Å². The molecule has 2 aliphatic rings. The van der Waals surface area contributed by atoms with Gasteiger partial charge in [-0.1, -0.05) is 0 Å². The van der Waals surface area contributed by atoms with Crippen LogP contribution in [0.1, 0.15) is 22.3 Å². The van der Waals surface area contributed by atoms with Crippen molar-refractivity contribution in [2.75, 3.05) is 13.1 Å². The number of nitrogens with two attached hydrogens (primary N) is 1. The number of carbonyl (C=O) groups is 3. The van der Waals surface area contributed by atoms with Gasteiger partial charge in [-0.25, -0.2) is 4.39 Å². The van der Waals surface area contributed by atoms with Crippen LogP contribution in [0.4, 0.5) is 17.6 Å². The average Bonchev–Trinajstić information content (AvgIpc) is 3.12. The zero-order valence-corrected chi connectivity index (χ0v) is 12.7. The summed E-state index contributed by atoms with van der Waals surface area (Å²) in [6.45, 7) is -0.0226. The topological polar surface area (TPSA) is 83.7 Å². The number of primary amides is 1. The van der Waals surface area contributed by atoms with Gasteiger partial charge in [-0.15, -0.1) is 0 Å². The maximum Gasteiger partial charge on any atom is 0.417 e. The average molecular weight is 359 g/mol. The zero-order valence-electron chi connectivity index (χ0n) is 12.7. The van der Waals surface area contributed by atoms with Crippen LogP contribution in [0, 0.1) is 5.82 Å². The number of hydrogen-bond acceptors (Lipinski definition) is 3. The molecule has 2 unspecified atom stereocenters. The Labute approximate surface area is 139 Å². The number of fused-ring (bicyclic) bond motifs is 2. The minimum Gasteiger partial charge on any atom is -0.361 e. The van der Waals surface area contributed by atoms with E-state index in [9.17, 15) is 31.9 Å². The summed E-state index contributed by atoms with van der Waals surface area (Å²) in [6, 6.07) is 0.703. The Hall–Kier alpha value is -2.65. The highest BCUT2D eigenvalue weighted by Gasteiger charge is 2.49. The quantitative estimate of drug-likeness (QED) is 0.593.